The van der Waals surface area contributed by atoms with Crippen LogP contribution in [-0.2, 0) is 0 Å². The van der Waals surface area contributed by atoms with Crippen molar-refractivity contribution >= 4 is 0 Å². The fraction of sp³-hybridized carbons (Fsp3) is 0.250. The minimum absolute atomic E-state index is 0.543. The first-order valence-corrected chi connectivity index (χ1v) is 5.89. The van der Waals surface area contributed by atoms with E-state index in [-0.39, 0.29) is 0 Å². The molecule has 0 unspecified atom stereocenters. The summed E-state index contributed by atoms with van der Waals surface area (Å²) in [4.78, 5) is 0. The van der Waals surface area contributed by atoms with Crippen LogP contribution in [0.4, 0.5) is 0 Å². The minimum Gasteiger partial charge on any atom is -0.458 e. The molecule has 0 N–H and O–H groups in total. The van der Waals surface area contributed by atoms with Crippen LogP contribution in [0.25, 0.3) is 0 Å². The van der Waals surface area contributed by atoms with Gasteiger partial charge in [0.1, 0.15) is 11.5 Å². The summed E-state index contributed by atoms with van der Waals surface area (Å²) in [6, 6.07) is 8.12. The third-order valence-electron chi connectivity index (χ3n) is 2.38. The lowest BCUT2D eigenvalue weighted by Crippen LogP contribution is -1.91. The first kappa shape index (κ1) is 13.3. The lowest BCUT2D eigenvalue weighted by atomic mass is 10.0. The molecular formula is C16H20O. The van der Waals surface area contributed by atoms with E-state index in [1.54, 1.807) is 0 Å². The smallest absolute Gasteiger partial charge is 0.127 e. The monoisotopic (exact) mass is 228 g/mol. The molecule has 0 radical (unpaired) electrons. The molecule has 1 aromatic carbocycles. The maximum absolute atomic E-state index is 5.58. The molecule has 0 saturated heterocycles. The molecule has 0 aliphatic carbocycles. The second-order valence-corrected chi connectivity index (χ2v) is 4.18. The fourth-order valence-electron chi connectivity index (χ4n) is 1.38. The number of rotatable bonds is 5. The highest BCUT2D eigenvalue weighted by Crippen LogP contribution is 2.19. The highest BCUT2D eigenvalue weighted by atomic mass is 16.5. The number of allylic oxidation sites excluding steroid dienone is 4. The van der Waals surface area contributed by atoms with Crippen LogP contribution in [0.3, 0.4) is 0 Å². The molecule has 1 rings (SSSR count). The second-order valence-electron chi connectivity index (χ2n) is 4.18. The van der Waals surface area contributed by atoms with Crippen molar-refractivity contribution in [3.8, 4) is 5.75 Å². The Balaban J connectivity index is 2.60. The minimum atomic E-state index is 0.543. The van der Waals surface area contributed by atoms with Gasteiger partial charge in [-0.2, -0.15) is 0 Å². The highest BCUT2D eigenvalue weighted by molar-refractivity contribution is 5.31. The van der Waals surface area contributed by atoms with Crippen LogP contribution in [-0.4, -0.2) is 0 Å². The molecule has 0 aromatic heterocycles. The number of ether oxygens (including phenoxy) is 1. The summed E-state index contributed by atoms with van der Waals surface area (Å²) in [6.07, 6.45) is 7.65. The summed E-state index contributed by atoms with van der Waals surface area (Å²) in [7, 11) is 0. The third-order valence-corrected chi connectivity index (χ3v) is 2.38. The molecule has 17 heavy (non-hydrogen) atoms. The Morgan fingerprint density at radius 1 is 1.18 bits per heavy atom. The largest absolute Gasteiger partial charge is 0.458 e. The van der Waals surface area contributed by atoms with E-state index in [9.17, 15) is 0 Å². The van der Waals surface area contributed by atoms with Crippen molar-refractivity contribution in [1.82, 2.24) is 0 Å². The van der Waals surface area contributed by atoms with Gasteiger partial charge in [-0.15, -0.1) is 0 Å². The van der Waals surface area contributed by atoms with E-state index < -0.39 is 0 Å². The lowest BCUT2D eigenvalue weighted by molar-refractivity contribution is 0.446. The Bertz CT molecular complexity index is 408. The van der Waals surface area contributed by atoms with E-state index >= 15 is 0 Å². The molecule has 1 nitrogen and oxygen atoms in total. The van der Waals surface area contributed by atoms with E-state index in [2.05, 4.69) is 32.6 Å². The van der Waals surface area contributed by atoms with Crippen molar-refractivity contribution in [3.05, 3.63) is 66.5 Å². The van der Waals surface area contributed by atoms with E-state index in [4.69, 9.17) is 4.74 Å². The van der Waals surface area contributed by atoms with E-state index in [0.717, 1.165) is 5.75 Å². The quantitative estimate of drug-likeness (QED) is 0.518. The van der Waals surface area contributed by atoms with Crippen LogP contribution >= 0.6 is 0 Å². The van der Waals surface area contributed by atoms with Gasteiger partial charge in [0, 0.05) is 0 Å². The molecule has 0 fully saturated rings. The van der Waals surface area contributed by atoms with Gasteiger partial charge in [0.25, 0.3) is 0 Å². The fourth-order valence-corrected chi connectivity index (χ4v) is 1.38. The van der Waals surface area contributed by atoms with Gasteiger partial charge in [-0.05, 0) is 36.6 Å². The number of benzene rings is 1. The molecule has 0 atom stereocenters. The molecular weight excluding hydrogens is 208 g/mol. The maximum Gasteiger partial charge on any atom is 0.127 e. The SMILES string of the molecule is C=C(/C=C\C=C/C)Oc1ccc(C(C)C)cc1. The zero-order chi connectivity index (χ0) is 12.7. The molecule has 0 aliphatic rings. The molecule has 1 aromatic rings. The zero-order valence-corrected chi connectivity index (χ0v) is 10.8. The molecule has 90 valence electrons. The van der Waals surface area contributed by atoms with Gasteiger partial charge in [0.05, 0.1) is 0 Å². The van der Waals surface area contributed by atoms with E-state index in [1.165, 1.54) is 5.56 Å². The molecule has 0 bridgehead atoms. The van der Waals surface area contributed by atoms with Gasteiger partial charge in [0.15, 0.2) is 0 Å². The lowest BCUT2D eigenvalue weighted by Gasteiger charge is -2.08. The zero-order valence-electron chi connectivity index (χ0n) is 10.8. The van der Waals surface area contributed by atoms with Crippen LogP contribution in [0.5, 0.6) is 5.75 Å². The van der Waals surface area contributed by atoms with Crippen molar-refractivity contribution in [2.75, 3.05) is 0 Å². The van der Waals surface area contributed by atoms with Crippen LogP contribution in [0, 0.1) is 0 Å². The Hall–Kier alpha value is -1.76. The summed E-state index contributed by atoms with van der Waals surface area (Å²) in [6.45, 7) is 10.2. The van der Waals surface area contributed by atoms with E-state index in [0.29, 0.717) is 11.7 Å². The van der Waals surface area contributed by atoms with Gasteiger partial charge in [-0.1, -0.05) is 50.8 Å². The van der Waals surface area contributed by atoms with Crippen LogP contribution in [0.1, 0.15) is 32.3 Å². The van der Waals surface area contributed by atoms with Gasteiger partial charge in [-0.3, -0.25) is 0 Å². The molecule has 0 spiro atoms. The summed E-state index contributed by atoms with van der Waals surface area (Å²) in [5.41, 5.74) is 1.31. The molecule has 0 aliphatic heterocycles. The molecule has 0 amide bonds. The predicted octanol–water partition coefficient (Wildman–Crippen LogP) is 4.83. The van der Waals surface area contributed by atoms with Crippen LogP contribution in [0.15, 0.2) is 60.9 Å². The van der Waals surface area contributed by atoms with Gasteiger partial charge in [-0.25, -0.2) is 0 Å². The van der Waals surface area contributed by atoms with Crippen LogP contribution in [0.2, 0.25) is 0 Å². The van der Waals surface area contributed by atoms with Crippen molar-refractivity contribution in [3.63, 3.8) is 0 Å². The highest BCUT2D eigenvalue weighted by Gasteiger charge is 1.99. The van der Waals surface area contributed by atoms with E-state index in [1.807, 2.05) is 43.4 Å². The Labute approximate surface area is 104 Å². The molecule has 0 heterocycles. The number of hydrogen-bond acceptors (Lipinski definition) is 1. The van der Waals surface area contributed by atoms with Crippen molar-refractivity contribution < 1.29 is 4.74 Å². The second kappa shape index (κ2) is 6.74. The summed E-state index contributed by atoms with van der Waals surface area (Å²) >= 11 is 0. The summed E-state index contributed by atoms with van der Waals surface area (Å²) < 4.78 is 5.58. The van der Waals surface area contributed by atoms with Gasteiger partial charge >= 0.3 is 0 Å². The Morgan fingerprint density at radius 3 is 2.35 bits per heavy atom. The normalized spacial score (nSPS) is 11.5. The summed E-state index contributed by atoms with van der Waals surface area (Å²) in [5, 5.41) is 0. The van der Waals surface area contributed by atoms with Crippen molar-refractivity contribution in [2.45, 2.75) is 26.7 Å². The predicted molar refractivity (Wildman–Crippen MR) is 74.3 cm³/mol. The molecule has 0 saturated carbocycles. The molecule has 1 heteroatoms. The Morgan fingerprint density at radius 2 is 1.82 bits per heavy atom. The average molecular weight is 228 g/mol. The third kappa shape index (κ3) is 4.73. The van der Waals surface area contributed by atoms with Gasteiger partial charge < -0.3 is 4.74 Å². The maximum atomic E-state index is 5.58. The average Bonchev–Trinajstić information content (AvgIpc) is 2.30. The first-order valence-electron chi connectivity index (χ1n) is 5.89. The first-order chi connectivity index (χ1) is 8.13. The van der Waals surface area contributed by atoms with Crippen molar-refractivity contribution in [1.29, 1.82) is 0 Å². The van der Waals surface area contributed by atoms with Gasteiger partial charge in [0.2, 0.25) is 0 Å². The summed E-state index contributed by atoms with van der Waals surface area (Å²) in [5.74, 6) is 2.01. The number of hydrogen-bond donors (Lipinski definition) is 0. The standard InChI is InChI=1S/C16H20O/c1-5-6-7-8-14(4)17-16-11-9-15(10-12-16)13(2)3/h5-13H,4H2,1-3H3/b6-5-,8-7-. The van der Waals surface area contributed by atoms with Crippen molar-refractivity contribution in [2.24, 2.45) is 0 Å². The topological polar surface area (TPSA) is 9.23 Å². The Kier molecular flexibility index (Phi) is 5.28. The van der Waals surface area contributed by atoms with Crippen LogP contribution < -0.4 is 4.74 Å².